The van der Waals surface area contributed by atoms with E-state index in [4.69, 9.17) is 0 Å². The molecule has 0 spiro atoms. The second-order valence-electron chi connectivity index (χ2n) is 17.9. The van der Waals surface area contributed by atoms with E-state index in [1.54, 1.807) is 0 Å². The van der Waals surface area contributed by atoms with Crippen LogP contribution >= 0.6 is 0 Å². The molecule has 1 heteroatoms. The molecule has 0 fully saturated rings. The quantitative estimate of drug-likeness (QED) is 0.147. The zero-order valence-electron chi connectivity index (χ0n) is 36.6. The van der Waals surface area contributed by atoms with Gasteiger partial charge in [-0.2, -0.15) is 0 Å². The van der Waals surface area contributed by atoms with Crippen molar-refractivity contribution in [2.45, 2.75) is 24.7 Å². The summed E-state index contributed by atoms with van der Waals surface area (Å²) in [5.74, 6) is 0. The number of hydrogen-bond donors (Lipinski definition) is 0. The average molecular weight is 830 g/mol. The van der Waals surface area contributed by atoms with Crippen LogP contribution in [0.4, 0.5) is 17.1 Å². The molecule has 10 aromatic carbocycles. The maximum Gasteiger partial charge on any atom is 0.0543 e. The third-order valence-electron chi connectivity index (χ3n) is 14.5. The number of hydrogen-bond acceptors (Lipinski definition) is 1. The Labute approximate surface area is 382 Å². The van der Waals surface area contributed by atoms with Crippen LogP contribution in [0.1, 0.15) is 47.2 Å². The van der Waals surface area contributed by atoms with Crippen LogP contribution in [0, 0.1) is 0 Å². The van der Waals surface area contributed by atoms with Crippen molar-refractivity contribution < 1.29 is 0 Å². The van der Waals surface area contributed by atoms with Crippen LogP contribution in [0.5, 0.6) is 0 Å². The van der Waals surface area contributed by atoms with E-state index in [-0.39, 0.29) is 10.8 Å². The number of benzene rings is 10. The molecule has 12 rings (SSSR count). The highest BCUT2D eigenvalue weighted by Crippen LogP contribution is 2.58. The van der Waals surface area contributed by atoms with E-state index in [9.17, 15) is 0 Å². The van der Waals surface area contributed by atoms with Gasteiger partial charge in [-0.15, -0.1) is 0 Å². The molecular weight excluding hydrogens is 783 g/mol. The minimum atomic E-state index is -0.335. The largest absolute Gasteiger partial charge is 0.310 e. The van der Waals surface area contributed by atoms with Crippen LogP contribution in [0.15, 0.2) is 249 Å². The summed E-state index contributed by atoms with van der Waals surface area (Å²) in [5, 5.41) is 0. The molecular formula is C64H47N. The molecule has 2 unspecified atom stereocenters. The Bertz CT molecular complexity index is 3370. The van der Waals surface area contributed by atoms with E-state index in [0.717, 1.165) is 17.1 Å². The molecule has 10 aromatic rings. The van der Waals surface area contributed by atoms with Crippen molar-refractivity contribution in [3.63, 3.8) is 0 Å². The van der Waals surface area contributed by atoms with Crippen LogP contribution < -0.4 is 4.90 Å². The van der Waals surface area contributed by atoms with Gasteiger partial charge in [0.2, 0.25) is 0 Å². The molecule has 65 heavy (non-hydrogen) atoms. The molecule has 0 radical (unpaired) electrons. The highest BCUT2D eigenvalue weighted by molar-refractivity contribution is 5.97. The first kappa shape index (κ1) is 38.7. The lowest BCUT2D eigenvalue weighted by molar-refractivity contribution is 0.713. The van der Waals surface area contributed by atoms with Gasteiger partial charge in [0, 0.05) is 27.8 Å². The molecule has 0 saturated heterocycles. The van der Waals surface area contributed by atoms with Crippen molar-refractivity contribution in [2.24, 2.45) is 0 Å². The summed E-state index contributed by atoms with van der Waals surface area (Å²) in [7, 11) is 0. The second-order valence-corrected chi connectivity index (χ2v) is 17.9. The van der Waals surface area contributed by atoms with Gasteiger partial charge in [0.25, 0.3) is 0 Å². The van der Waals surface area contributed by atoms with Gasteiger partial charge < -0.3 is 4.90 Å². The predicted molar refractivity (Wildman–Crippen MR) is 272 cm³/mol. The molecule has 1 nitrogen and oxygen atoms in total. The lowest BCUT2D eigenvalue weighted by Crippen LogP contribution is -2.23. The fraction of sp³-hybridized carbons (Fsp3) is 0.0625. The van der Waals surface area contributed by atoms with Gasteiger partial charge in [0.05, 0.1) is 5.69 Å². The van der Waals surface area contributed by atoms with Gasteiger partial charge in [-0.3, -0.25) is 0 Å². The van der Waals surface area contributed by atoms with Crippen molar-refractivity contribution in [1.82, 2.24) is 0 Å². The Kier molecular flexibility index (Phi) is 9.14. The highest BCUT2D eigenvalue weighted by Gasteiger charge is 2.44. The standard InChI is InChI=1S/C64H47N/c1-63(48-24-11-5-12-25-48)58-31-18-16-29-55(58)62-59(63)32-19-33-61(62)65(51-39-41-54-53-28-15-17-30-57(53)64(2,60(54)43-51)49-26-13-6-14-27-49)50-37-34-44(35-38-50)47-36-40-52(45-20-7-3-8-21-45)56(42-47)46-22-9-4-10-23-46/h3-43H,1-2H3. The first-order valence-corrected chi connectivity index (χ1v) is 22.8. The molecule has 0 bridgehead atoms. The van der Waals surface area contributed by atoms with Crippen LogP contribution in [0.3, 0.4) is 0 Å². The van der Waals surface area contributed by atoms with Gasteiger partial charge in [-0.1, -0.05) is 212 Å². The first-order chi connectivity index (χ1) is 32.0. The van der Waals surface area contributed by atoms with Crippen molar-refractivity contribution >= 4 is 17.1 Å². The van der Waals surface area contributed by atoms with Gasteiger partial charge in [-0.05, 0) is 134 Å². The third-order valence-corrected chi connectivity index (χ3v) is 14.5. The summed E-state index contributed by atoms with van der Waals surface area (Å²) in [6.45, 7) is 4.81. The number of fused-ring (bicyclic) bond motifs is 6. The smallest absolute Gasteiger partial charge is 0.0543 e. The number of nitrogens with zero attached hydrogens (tertiary/aromatic N) is 1. The molecule has 2 atom stereocenters. The summed E-state index contributed by atoms with van der Waals surface area (Å²) >= 11 is 0. The zero-order valence-corrected chi connectivity index (χ0v) is 36.6. The second kappa shape index (κ2) is 15.4. The van der Waals surface area contributed by atoms with Gasteiger partial charge in [0.1, 0.15) is 0 Å². The Morgan fingerprint density at radius 1 is 0.277 bits per heavy atom. The lowest BCUT2D eigenvalue weighted by atomic mass is 9.74. The van der Waals surface area contributed by atoms with Crippen LogP contribution in [-0.2, 0) is 10.8 Å². The fourth-order valence-electron chi connectivity index (χ4n) is 11.2. The Hall–Kier alpha value is -8.00. The summed E-state index contributed by atoms with van der Waals surface area (Å²) in [4.78, 5) is 2.51. The SMILES string of the molecule is CC1(c2ccccc2)c2ccccc2-c2ccc(N(c3ccc(-c4ccc(-c5ccccc5)c(-c5ccccc5)c4)cc3)c3cccc4c3-c3ccccc3C4(C)c3ccccc3)cc21. The molecule has 0 aromatic heterocycles. The topological polar surface area (TPSA) is 3.24 Å². The first-order valence-electron chi connectivity index (χ1n) is 22.8. The molecule has 2 aliphatic rings. The van der Waals surface area contributed by atoms with Gasteiger partial charge >= 0.3 is 0 Å². The molecule has 2 aliphatic carbocycles. The molecule has 308 valence electrons. The predicted octanol–water partition coefficient (Wildman–Crippen LogP) is 16.8. The molecule has 0 aliphatic heterocycles. The van der Waals surface area contributed by atoms with Crippen LogP contribution in [0.25, 0.3) is 55.6 Å². The van der Waals surface area contributed by atoms with Gasteiger partial charge in [-0.25, -0.2) is 0 Å². The van der Waals surface area contributed by atoms with Crippen molar-refractivity contribution in [2.75, 3.05) is 4.90 Å². The zero-order chi connectivity index (χ0) is 43.5. The molecule has 0 amide bonds. The van der Waals surface area contributed by atoms with Gasteiger partial charge in [0.15, 0.2) is 0 Å². The Morgan fingerprint density at radius 3 is 1.38 bits per heavy atom. The van der Waals surface area contributed by atoms with Crippen molar-refractivity contribution in [3.8, 4) is 55.6 Å². The lowest BCUT2D eigenvalue weighted by Gasteiger charge is -2.32. The average Bonchev–Trinajstić information content (AvgIpc) is 3.81. The maximum absolute atomic E-state index is 2.51. The summed E-state index contributed by atoms with van der Waals surface area (Å²) in [5.41, 5.74) is 23.0. The minimum absolute atomic E-state index is 0.327. The number of anilines is 3. The third kappa shape index (κ3) is 6.07. The van der Waals surface area contributed by atoms with E-state index in [0.29, 0.717) is 0 Å². The molecule has 0 heterocycles. The summed E-state index contributed by atoms with van der Waals surface area (Å²) in [6.07, 6.45) is 0. The minimum Gasteiger partial charge on any atom is -0.310 e. The van der Waals surface area contributed by atoms with Crippen molar-refractivity contribution in [3.05, 3.63) is 282 Å². The summed E-state index contributed by atoms with van der Waals surface area (Å²) in [6, 6.07) is 91.8. The normalized spacial score (nSPS) is 16.6. The van der Waals surface area contributed by atoms with E-state index in [1.807, 2.05) is 0 Å². The van der Waals surface area contributed by atoms with Crippen molar-refractivity contribution in [1.29, 1.82) is 0 Å². The number of rotatable bonds is 8. The molecule has 0 saturated carbocycles. The molecule has 0 N–H and O–H groups in total. The van der Waals surface area contributed by atoms with E-state index >= 15 is 0 Å². The Morgan fingerprint density at radius 2 is 0.738 bits per heavy atom. The van der Waals surface area contributed by atoms with Crippen LogP contribution in [0.2, 0.25) is 0 Å². The fourth-order valence-corrected chi connectivity index (χ4v) is 11.2. The monoisotopic (exact) mass is 829 g/mol. The van der Waals surface area contributed by atoms with E-state index in [2.05, 4.69) is 267 Å². The van der Waals surface area contributed by atoms with E-state index in [1.165, 1.54) is 89.0 Å². The summed E-state index contributed by atoms with van der Waals surface area (Å²) < 4.78 is 0. The highest BCUT2D eigenvalue weighted by atomic mass is 15.1. The Balaban J connectivity index is 1.06. The van der Waals surface area contributed by atoms with Crippen LogP contribution in [-0.4, -0.2) is 0 Å². The maximum atomic E-state index is 2.51. The van der Waals surface area contributed by atoms with E-state index < -0.39 is 0 Å².